The Bertz CT molecular complexity index is 1770. The third-order valence-electron chi connectivity index (χ3n) is 9.25. The lowest BCUT2D eigenvalue weighted by Gasteiger charge is -2.18. The molecule has 0 spiro atoms. The summed E-state index contributed by atoms with van der Waals surface area (Å²) in [6, 6.07) is 24.2. The zero-order valence-corrected chi connectivity index (χ0v) is 29.4. The highest BCUT2D eigenvalue weighted by atomic mass is 32.2. The second-order valence-electron chi connectivity index (χ2n) is 13.1. The topological polar surface area (TPSA) is 121 Å². The first-order valence-corrected chi connectivity index (χ1v) is 19.2. The van der Waals surface area contributed by atoms with Crippen LogP contribution in [0.5, 0.6) is 5.75 Å². The molecule has 9 nitrogen and oxygen atoms in total. The Morgan fingerprint density at radius 2 is 1.69 bits per heavy atom. The number of hydrogen-bond donors (Lipinski definition) is 3. The number of benzene rings is 3. The van der Waals surface area contributed by atoms with Gasteiger partial charge in [-0.25, -0.2) is 8.42 Å². The smallest absolute Gasteiger partial charge is 0.248 e. The van der Waals surface area contributed by atoms with Gasteiger partial charge < -0.3 is 24.9 Å². The van der Waals surface area contributed by atoms with Crippen LogP contribution < -0.4 is 15.6 Å². The van der Waals surface area contributed by atoms with Gasteiger partial charge in [-0.2, -0.15) is 0 Å². The molecule has 0 aliphatic heterocycles. The van der Waals surface area contributed by atoms with Crippen LogP contribution in [-0.2, 0) is 27.7 Å². The lowest BCUT2D eigenvalue weighted by Crippen LogP contribution is -2.23. The maximum Gasteiger partial charge on any atom is 0.248 e. The van der Waals surface area contributed by atoms with Gasteiger partial charge in [0.1, 0.15) is 12.4 Å². The fourth-order valence-corrected chi connectivity index (χ4v) is 8.40. The van der Waals surface area contributed by atoms with Crippen molar-refractivity contribution in [2.45, 2.75) is 80.8 Å². The van der Waals surface area contributed by atoms with E-state index in [0.29, 0.717) is 42.5 Å². The first kappa shape index (κ1) is 36.7. The summed E-state index contributed by atoms with van der Waals surface area (Å²) in [7, 11) is -1.21. The summed E-state index contributed by atoms with van der Waals surface area (Å²) in [6.45, 7) is 4.42. The van der Waals surface area contributed by atoms with Crippen LogP contribution in [0.25, 0.3) is 10.9 Å². The number of sulfone groups is 1. The van der Waals surface area contributed by atoms with Crippen LogP contribution in [-0.4, -0.2) is 68.6 Å². The van der Waals surface area contributed by atoms with Gasteiger partial charge in [-0.1, -0.05) is 74.2 Å². The van der Waals surface area contributed by atoms with Crippen molar-refractivity contribution in [2.24, 2.45) is 0 Å². The van der Waals surface area contributed by atoms with Crippen molar-refractivity contribution in [3.05, 3.63) is 106 Å². The van der Waals surface area contributed by atoms with E-state index in [1.54, 1.807) is 12.1 Å². The largest absolute Gasteiger partial charge is 0.487 e. The predicted molar refractivity (Wildman–Crippen MR) is 195 cm³/mol. The number of fused-ring (bicyclic) bond motifs is 1. The molecule has 3 aromatic carbocycles. The number of aromatic nitrogens is 1. The molecule has 5 rings (SSSR count). The molecule has 0 unspecified atom stereocenters. The van der Waals surface area contributed by atoms with E-state index in [1.807, 2.05) is 67.7 Å². The molecule has 1 saturated carbocycles. The Labute approximate surface area is 290 Å². The molecule has 0 saturated heterocycles. The summed E-state index contributed by atoms with van der Waals surface area (Å²) >= 11 is 0. The fraction of sp³-hybridized carbons (Fsp3) is 0.462. The van der Waals surface area contributed by atoms with Gasteiger partial charge in [-0.05, 0) is 80.2 Å². The maximum atomic E-state index is 13.0. The molecule has 4 aromatic rings. The molecule has 1 aliphatic rings. The van der Waals surface area contributed by atoms with Crippen molar-refractivity contribution < 1.29 is 23.0 Å². The molecule has 3 N–H and O–H groups in total. The Morgan fingerprint density at radius 1 is 0.918 bits per heavy atom. The van der Waals surface area contributed by atoms with Crippen molar-refractivity contribution >= 4 is 20.7 Å². The van der Waals surface area contributed by atoms with Crippen LogP contribution in [0.1, 0.15) is 74.2 Å². The fourth-order valence-electron chi connectivity index (χ4n) is 6.48. The average Bonchev–Trinajstić information content (AvgIpc) is 3.66. The maximum absolute atomic E-state index is 13.0. The normalized spacial score (nSPS) is 14.5. The van der Waals surface area contributed by atoms with Crippen molar-refractivity contribution in [2.75, 3.05) is 39.9 Å². The zero-order chi connectivity index (χ0) is 34.5. The molecule has 0 amide bonds. The number of H-pyrrole nitrogens is 1. The van der Waals surface area contributed by atoms with Gasteiger partial charge in [0.25, 0.3) is 0 Å². The molecule has 1 aromatic heterocycles. The van der Waals surface area contributed by atoms with E-state index in [4.69, 9.17) is 9.47 Å². The number of aromatic amines is 1. The SMILES string of the molecule is CN(CCOCCCCCCNC[C@H](O)c1ccc(OCc2ccccc2)c2[nH]c(=O)ccc12)Cc1cccc(S(=O)(=O)C2CCCC2)c1. The van der Waals surface area contributed by atoms with E-state index in [0.717, 1.165) is 93.1 Å². The summed E-state index contributed by atoms with van der Waals surface area (Å²) < 4.78 is 37.8. The summed E-state index contributed by atoms with van der Waals surface area (Å²) in [5, 5.41) is 14.9. The minimum atomic E-state index is -3.24. The highest BCUT2D eigenvalue weighted by Crippen LogP contribution is 2.31. The second-order valence-corrected chi connectivity index (χ2v) is 15.3. The Morgan fingerprint density at radius 3 is 2.51 bits per heavy atom. The Hall–Kier alpha value is -3.54. The molecule has 10 heteroatoms. The summed E-state index contributed by atoms with van der Waals surface area (Å²) in [5.74, 6) is 0.575. The summed E-state index contributed by atoms with van der Waals surface area (Å²) in [6.07, 6.45) is 6.98. The molecular weight excluding hydrogens is 639 g/mol. The van der Waals surface area contributed by atoms with Crippen LogP contribution >= 0.6 is 0 Å². The second kappa shape index (κ2) is 18.5. The minimum Gasteiger partial charge on any atom is -0.487 e. The first-order valence-electron chi connectivity index (χ1n) is 17.6. The molecule has 1 atom stereocenters. The van der Waals surface area contributed by atoms with Gasteiger partial charge in [0, 0.05) is 37.7 Å². The number of aliphatic hydroxyl groups is 1. The highest BCUT2D eigenvalue weighted by molar-refractivity contribution is 7.92. The number of nitrogens with one attached hydrogen (secondary N) is 2. The third-order valence-corrected chi connectivity index (χ3v) is 11.5. The predicted octanol–water partition coefficient (Wildman–Crippen LogP) is 6.16. The van der Waals surface area contributed by atoms with E-state index >= 15 is 0 Å². The van der Waals surface area contributed by atoms with Crippen molar-refractivity contribution in [3.63, 3.8) is 0 Å². The van der Waals surface area contributed by atoms with Crippen molar-refractivity contribution in [1.82, 2.24) is 15.2 Å². The number of pyridine rings is 1. The lowest BCUT2D eigenvalue weighted by molar-refractivity contribution is 0.106. The molecule has 1 fully saturated rings. The van der Waals surface area contributed by atoms with Gasteiger partial charge in [-0.3, -0.25) is 9.69 Å². The number of nitrogens with zero attached hydrogens (tertiary/aromatic N) is 1. The van der Waals surface area contributed by atoms with E-state index < -0.39 is 15.9 Å². The van der Waals surface area contributed by atoms with Gasteiger partial charge in [-0.15, -0.1) is 0 Å². The van der Waals surface area contributed by atoms with E-state index in [1.165, 1.54) is 6.07 Å². The minimum absolute atomic E-state index is 0.216. The van der Waals surface area contributed by atoms with Crippen molar-refractivity contribution in [3.8, 4) is 5.75 Å². The molecular formula is C39H51N3O6S. The van der Waals surface area contributed by atoms with Crippen LogP contribution in [0.4, 0.5) is 0 Å². The molecule has 49 heavy (non-hydrogen) atoms. The first-order chi connectivity index (χ1) is 23.8. The third kappa shape index (κ3) is 10.7. The van der Waals surface area contributed by atoms with Gasteiger partial charge in [0.05, 0.1) is 28.4 Å². The van der Waals surface area contributed by atoms with Crippen LogP contribution in [0.2, 0.25) is 0 Å². The van der Waals surface area contributed by atoms with E-state index in [9.17, 15) is 18.3 Å². The number of aliphatic hydroxyl groups excluding tert-OH is 1. The quantitative estimate of drug-likeness (QED) is 0.0945. The van der Waals surface area contributed by atoms with Gasteiger partial charge in [0.2, 0.25) is 5.56 Å². The lowest BCUT2D eigenvalue weighted by atomic mass is 10.0. The standard InChI is InChI=1S/C39H51N3O6S/c1-42(28-31-14-11-17-33(26-31)49(45,46)32-15-7-8-16-32)23-25-47-24-10-3-2-9-22-40-27-36(43)34-18-20-37(39-35(34)19-21-38(44)41-39)48-29-30-12-5-4-6-13-30/h4-6,11-14,17-21,26,32,36,40,43H,2-3,7-10,15-16,22-25,27-29H2,1H3,(H,41,44)/t36-/m0/s1. The monoisotopic (exact) mass is 689 g/mol. The average molecular weight is 690 g/mol. The number of likely N-dealkylation sites (N-methyl/N-ethyl adjacent to an activating group) is 1. The van der Waals surface area contributed by atoms with Gasteiger partial charge in [0.15, 0.2) is 9.84 Å². The number of hydrogen-bond acceptors (Lipinski definition) is 8. The number of ether oxygens (including phenoxy) is 2. The van der Waals surface area contributed by atoms with Crippen LogP contribution in [0, 0.1) is 0 Å². The Balaban J connectivity index is 0.940. The van der Waals surface area contributed by atoms with Crippen LogP contribution in [0.15, 0.2) is 88.6 Å². The summed E-state index contributed by atoms with van der Waals surface area (Å²) in [4.78, 5) is 17.6. The zero-order valence-electron chi connectivity index (χ0n) is 28.6. The Kier molecular flexibility index (Phi) is 13.8. The molecule has 0 bridgehead atoms. The van der Waals surface area contributed by atoms with E-state index in [2.05, 4.69) is 15.2 Å². The number of unbranched alkanes of at least 4 members (excludes halogenated alkanes) is 3. The highest BCUT2D eigenvalue weighted by Gasteiger charge is 2.30. The van der Waals surface area contributed by atoms with Crippen LogP contribution in [0.3, 0.4) is 0 Å². The number of rotatable bonds is 20. The summed E-state index contributed by atoms with van der Waals surface area (Å²) in [5.41, 5.74) is 3.16. The van der Waals surface area contributed by atoms with Crippen molar-refractivity contribution in [1.29, 1.82) is 0 Å². The molecule has 1 aliphatic carbocycles. The van der Waals surface area contributed by atoms with Gasteiger partial charge >= 0.3 is 0 Å². The molecule has 264 valence electrons. The molecule has 0 radical (unpaired) electrons. The van der Waals surface area contributed by atoms with E-state index in [-0.39, 0.29) is 10.8 Å². The molecule has 1 heterocycles.